The molecular weight excluding hydrogens is 290 g/mol. The molecule has 0 bridgehead atoms. The summed E-state index contributed by atoms with van der Waals surface area (Å²) in [6.45, 7) is 1.18. The Labute approximate surface area is 117 Å². The van der Waals surface area contributed by atoms with Crippen LogP contribution in [0.2, 0.25) is 0 Å². The zero-order valence-corrected chi connectivity index (χ0v) is 12.2. The molecule has 1 aliphatic heterocycles. The number of ether oxygens (including phenoxy) is 1. The molecule has 0 aromatic heterocycles. The zero-order chi connectivity index (χ0) is 12.4. The average Bonchev–Trinajstić information content (AvgIpc) is 3.18. The molecular formula is C15H20BrNO. The quantitative estimate of drug-likeness (QED) is 0.916. The summed E-state index contributed by atoms with van der Waals surface area (Å²) in [7, 11) is 0. The van der Waals surface area contributed by atoms with Crippen LogP contribution in [0.4, 0.5) is 0 Å². The van der Waals surface area contributed by atoms with E-state index in [1.807, 2.05) is 0 Å². The van der Waals surface area contributed by atoms with Gasteiger partial charge in [0.05, 0.1) is 10.6 Å². The molecule has 1 heterocycles. The van der Waals surface area contributed by atoms with E-state index in [1.54, 1.807) is 0 Å². The highest BCUT2D eigenvalue weighted by Crippen LogP contribution is 2.33. The fourth-order valence-corrected chi connectivity index (χ4v) is 3.03. The largest absolute Gasteiger partial charge is 0.489 e. The smallest absolute Gasteiger partial charge is 0.133 e. The summed E-state index contributed by atoms with van der Waals surface area (Å²) in [6, 6.07) is 7.19. The molecule has 1 aromatic carbocycles. The van der Waals surface area contributed by atoms with Crippen molar-refractivity contribution < 1.29 is 4.74 Å². The third kappa shape index (κ3) is 3.27. The summed E-state index contributed by atoms with van der Waals surface area (Å²) < 4.78 is 6.94. The molecule has 1 saturated carbocycles. The lowest BCUT2D eigenvalue weighted by atomic mass is 9.98. The van der Waals surface area contributed by atoms with Crippen LogP contribution in [0.25, 0.3) is 0 Å². The maximum Gasteiger partial charge on any atom is 0.133 e. The molecule has 0 amide bonds. The predicted octanol–water partition coefficient (Wildman–Crippen LogP) is 3.67. The molecule has 2 fully saturated rings. The lowest BCUT2D eigenvalue weighted by Crippen LogP contribution is -2.35. The van der Waals surface area contributed by atoms with E-state index in [4.69, 9.17) is 4.74 Å². The van der Waals surface area contributed by atoms with Crippen molar-refractivity contribution >= 4 is 15.9 Å². The molecule has 1 saturated heterocycles. The van der Waals surface area contributed by atoms with Crippen LogP contribution in [-0.4, -0.2) is 18.7 Å². The minimum atomic E-state index is 0.465. The molecule has 1 atom stereocenters. The molecule has 98 valence electrons. The maximum atomic E-state index is 5.84. The van der Waals surface area contributed by atoms with Crippen LogP contribution < -0.4 is 10.1 Å². The zero-order valence-electron chi connectivity index (χ0n) is 10.6. The van der Waals surface area contributed by atoms with Crippen molar-refractivity contribution in [2.24, 2.45) is 0 Å². The van der Waals surface area contributed by atoms with Gasteiger partial charge < -0.3 is 10.1 Å². The molecule has 3 rings (SSSR count). The first-order valence-electron chi connectivity index (χ1n) is 7.00. The highest BCUT2D eigenvalue weighted by Gasteiger charge is 2.24. The third-order valence-corrected chi connectivity index (χ3v) is 4.33. The molecule has 1 N–H and O–H groups in total. The van der Waals surface area contributed by atoms with Crippen molar-refractivity contribution in [2.75, 3.05) is 6.54 Å². The SMILES string of the molecule is Brc1cc(CC2CCCCN2)ccc1OC1CC1. The van der Waals surface area contributed by atoms with Crippen molar-refractivity contribution in [1.82, 2.24) is 5.32 Å². The Kier molecular flexibility index (Phi) is 3.90. The van der Waals surface area contributed by atoms with Crippen molar-refractivity contribution in [1.29, 1.82) is 0 Å². The van der Waals surface area contributed by atoms with Crippen molar-refractivity contribution in [3.63, 3.8) is 0 Å². The van der Waals surface area contributed by atoms with E-state index < -0.39 is 0 Å². The van der Waals surface area contributed by atoms with Crippen LogP contribution in [0.5, 0.6) is 5.75 Å². The van der Waals surface area contributed by atoms with Crippen LogP contribution in [0, 0.1) is 0 Å². The van der Waals surface area contributed by atoms with E-state index in [0.717, 1.165) is 16.6 Å². The number of hydrogen-bond donors (Lipinski definition) is 1. The number of nitrogens with one attached hydrogen (secondary N) is 1. The number of benzene rings is 1. The summed E-state index contributed by atoms with van der Waals surface area (Å²) in [5, 5.41) is 3.60. The van der Waals surface area contributed by atoms with Crippen LogP contribution in [0.15, 0.2) is 22.7 Å². The Morgan fingerprint density at radius 2 is 2.11 bits per heavy atom. The summed E-state index contributed by atoms with van der Waals surface area (Å²) in [5.41, 5.74) is 1.39. The molecule has 0 spiro atoms. The Hall–Kier alpha value is -0.540. The minimum Gasteiger partial charge on any atom is -0.489 e. The molecule has 1 aromatic rings. The second-order valence-electron chi connectivity index (χ2n) is 5.43. The van der Waals surface area contributed by atoms with E-state index in [1.165, 1.54) is 44.2 Å². The summed E-state index contributed by atoms with van der Waals surface area (Å²) >= 11 is 3.62. The first-order chi connectivity index (χ1) is 8.81. The van der Waals surface area contributed by atoms with Gasteiger partial charge in [-0.1, -0.05) is 12.5 Å². The Balaban J connectivity index is 1.63. The van der Waals surface area contributed by atoms with E-state index >= 15 is 0 Å². The predicted molar refractivity (Wildman–Crippen MR) is 77.1 cm³/mol. The van der Waals surface area contributed by atoms with Gasteiger partial charge in [0.25, 0.3) is 0 Å². The number of hydrogen-bond acceptors (Lipinski definition) is 2. The van der Waals surface area contributed by atoms with E-state index in [2.05, 4.69) is 39.4 Å². The van der Waals surface area contributed by atoms with Gasteiger partial charge in [-0.25, -0.2) is 0 Å². The standard InChI is InChI=1S/C15H20BrNO/c16-14-10-11(9-12-3-1-2-8-17-12)4-7-15(14)18-13-5-6-13/h4,7,10,12-13,17H,1-3,5-6,8-9H2. The molecule has 0 radical (unpaired) electrons. The van der Waals surface area contributed by atoms with E-state index in [0.29, 0.717) is 12.1 Å². The van der Waals surface area contributed by atoms with Gasteiger partial charge in [-0.05, 0) is 72.3 Å². The van der Waals surface area contributed by atoms with Gasteiger partial charge in [0.2, 0.25) is 0 Å². The fraction of sp³-hybridized carbons (Fsp3) is 0.600. The minimum absolute atomic E-state index is 0.465. The van der Waals surface area contributed by atoms with Crippen molar-refractivity contribution in [3.8, 4) is 5.75 Å². The van der Waals surface area contributed by atoms with Crippen LogP contribution in [0.3, 0.4) is 0 Å². The van der Waals surface area contributed by atoms with E-state index in [-0.39, 0.29) is 0 Å². The van der Waals surface area contributed by atoms with Crippen molar-refractivity contribution in [2.45, 2.75) is 50.7 Å². The number of piperidine rings is 1. The fourth-order valence-electron chi connectivity index (χ4n) is 2.52. The average molecular weight is 310 g/mol. The molecule has 1 aliphatic carbocycles. The van der Waals surface area contributed by atoms with Gasteiger partial charge in [0, 0.05) is 6.04 Å². The maximum absolute atomic E-state index is 5.84. The first-order valence-corrected chi connectivity index (χ1v) is 7.79. The lowest BCUT2D eigenvalue weighted by molar-refractivity contribution is 0.301. The molecule has 1 unspecified atom stereocenters. The highest BCUT2D eigenvalue weighted by molar-refractivity contribution is 9.10. The van der Waals surface area contributed by atoms with Gasteiger partial charge >= 0.3 is 0 Å². The summed E-state index contributed by atoms with van der Waals surface area (Å²) in [5.74, 6) is 0.998. The Morgan fingerprint density at radius 3 is 2.78 bits per heavy atom. The topological polar surface area (TPSA) is 21.3 Å². The van der Waals surface area contributed by atoms with Crippen molar-refractivity contribution in [3.05, 3.63) is 28.2 Å². The molecule has 2 aliphatic rings. The number of halogens is 1. The monoisotopic (exact) mass is 309 g/mol. The van der Waals surface area contributed by atoms with Crippen LogP contribution >= 0.6 is 15.9 Å². The highest BCUT2D eigenvalue weighted by atomic mass is 79.9. The molecule has 3 heteroatoms. The lowest BCUT2D eigenvalue weighted by Gasteiger charge is -2.23. The second kappa shape index (κ2) is 5.62. The van der Waals surface area contributed by atoms with Gasteiger partial charge in [-0.15, -0.1) is 0 Å². The normalized spacial score (nSPS) is 23.9. The number of rotatable bonds is 4. The van der Waals surface area contributed by atoms with Crippen LogP contribution in [-0.2, 0) is 6.42 Å². The van der Waals surface area contributed by atoms with E-state index in [9.17, 15) is 0 Å². The first kappa shape index (κ1) is 12.5. The Morgan fingerprint density at radius 1 is 1.22 bits per heavy atom. The third-order valence-electron chi connectivity index (χ3n) is 3.71. The summed E-state index contributed by atoms with van der Waals surface area (Å²) in [4.78, 5) is 0. The van der Waals surface area contributed by atoms with Gasteiger partial charge in [-0.3, -0.25) is 0 Å². The van der Waals surface area contributed by atoms with Gasteiger partial charge in [0.15, 0.2) is 0 Å². The van der Waals surface area contributed by atoms with Gasteiger partial charge in [0.1, 0.15) is 5.75 Å². The molecule has 18 heavy (non-hydrogen) atoms. The molecule has 2 nitrogen and oxygen atoms in total. The van der Waals surface area contributed by atoms with Crippen LogP contribution in [0.1, 0.15) is 37.7 Å². The summed E-state index contributed by atoms with van der Waals surface area (Å²) in [6.07, 6.45) is 8.00. The Bertz CT molecular complexity index is 411. The van der Waals surface area contributed by atoms with Gasteiger partial charge in [-0.2, -0.15) is 0 Å². The second-order valence-corrected chi connectivity index (χ2v) is 6.29.